The zero-order valence-electron chi connectivity index (χ0n) is 12.1. The highest BCUT2D eigenvalue weighted by atomic mass is 32.1. The van der Waals surface area contributed by atoms with Crippen molar-refractivity contribution in [2.75, 3.05) is 12.4 Å². The maximum atomic E-state index is 6.22. The number of aromatic nitrogens is 2. The van der Waals surface area contributed by atoms with Crippen LogP contribution in [-0.4, -0.2) is 23.1 Å². The third-order valence-corrected chi connectivity index (χ3v) is 4.91. The summed E-state index contributed by atoms with van der Waals surface area (Å²) in [5.41, 5.74) is 0. The number of ether oxygens (including phenoxy) is 1. The fraction of sp³-hybridized carbons (Fsp3) is 0.600. The molecule has 2 atom stereocenters. The van der Waals surface area contributed by atoms with Crippen LogP contribution in [0.1, 0.15) is 39.0 Å². The second-order valence-corrected chi connectivity index (χ2v) is 6.32. The van der Waals surface area contributed by atoms with Gasteiger partial charge in [0.1, 0.15) is 10.9 Å². The van der Waals surface area contributed by atoms with Gasteiger partial charge in [-0.15, -0.1) is 11.3 Å². The highest BCUT2D eigenvalue weighted by Gasteiger charge is 2.23. The molecule has 20 heavy (non-hydrogen) atoms. The number of hydrogen-bond donors (Lipinski definition) is 1. The average molecular weight is 291 g/mol. The summed E-state index contributed by atoms with van der Waals surface area (Å²) in [4.78, 5) is 9.94. The summed E-state index contributed by atoms with van der Waals surface area (Å²) in [6, 6.07) is 2.05. The number of fused-ring (bicyclic) bond motifs is 1. The predicted molar refractivity (Wildman–Crippen MR) is 83.6 cm³/mol. The van der Waals surface area contributed by atoms with E-state index < -0.39 is 0 Å². The van der Waals surface area contributed by atoms with E-state index in [-0.39, 0.29) is 0 Å². The molecule has 1 aliphatic rings. The number of rotatable bonds is 4. The van der Waals surface area contributed by atoms with Crippen LogP contribution in [0.4, 0.5) is 5.95 Å². The lowest BCUT2D eigenvalue weighted by molar-refractivity contribution is 0.119. The third-order valence-electron chi connectivity index (χ3n) is 4.10. The van der Waals surface area contributed by atoms with Crippen molar-refractivity contribution in [1.29, 1.82) is 0 Å². The molecule has 5 heteroatoms. The van der Waals surface area contributed by atoms with Crippen molar-refractivity contribution in [2.24, 2.45) is 5.92 Å². The Labute approximate surface area is 123 Å². The first-order chi connectivity index (χ1) is 9.80. The van der Waals surface area contributed by atoms with E-state index in [9.17, 15) is 0 Å². The first-order valence-corrected chi connectivity index (χ1v) is 8.27. The molecule has 0 spiro atoms. The van der Waals surface area contributed by atoms with Gasteiger partial charge in [0.2, 0.25) is 11.8 Å². The monoisotopic (exact) mass is 291 g/mol. The molecule has 0 aliphatic heterocycles. The Kier molecular flexibility index (Phi) is 4.05. The van der Waals surface area contributed by atoms with Crippen LogP contribution < -0.4 is 10.1 Å². The molecule has 4 nitrogen and oxygen atoms in total. The Bertz CT molecular complexity index is 584. The molecule has 0 saturated heterocycles. The van der Waals surface area contributed by atoms with Crippen molar-refractivity contribution < 1.29 is 4.74 Å². The summed E-state index contributed by atoms with van der Waals surface area (Å²) in [6.45, 7) is 2.27. The molecule has 0 amide bonds. The van der Waals surface area contributed by atoms with Crippen molar-refractivity contribution in [3.05, 3.63) is 11.4 Å². The SMILES string of the molecule is CCC1CCCC(Oc2nc(NC)nc3sccc23)C1. The number of nitrogens with zero attached hydrogens (tertiary/aromatic N) is 2. The third kappa shape index (κ3) is 2.73. The molecule has 2 unspecified atom stereocenters. The van der Waals surface area contributed by atoms with Crippen molar-refractivity contribution in [3.8, 4) is 5.88 Å². The highest BCUT2D eigenvalue weighted by molar-refractivity contribution is 7.16. The normalized spacial score (nSPS) is 22.9. The van der Waals surface area contributed by atoms with E-state index in [1.807, 2.05) is 12.4 Å². The van der Waals surface area contributed by atoms with Gasteiger partial charge >= 0.3 is 0 Å². The van der Waals surface area contributed by atoms with Crippen LogP contribution in [0, 0.1) is 5.92 Å². The van der Waals surface area contributed by atoms with Crippen LogP contribution in [0.5, 0.6) is 5.88 Å². The number of hydrogen-bond acceptors (Lipinski definition) is 5. The highest BCUT2D eigenvalue weighted by Crippen LogP contribution is 2.33. The lowest BCUT2D eigenvalue weighted by atomic mass is 9.85. The van der Waals surface area contributed by atoms with Crippen LogP contribution >= 0.6 is 11.3 Å². The molecule has 2 heterocycles. The van der Waals surface area contributed by atoms with E-state index >= 15 is 0 Å². The summed E-state index contributed by atoms with van der Waals surface area (Å²) >= 11 is 1.63. The molecule has 0 bridgehead atoms. The Morgan fingerprint density at radius 2 is 2.30 bits per heavy atom. The molecule has 1 aliphatic carbocycles. The smallest absolute Gasteiger partial charge is 0.227 e. The molecule has 108 valence electrons. The molecule has 0 aromatic carbocycles. The van der Waals surface area contributed by atoms with Crippen LogP contribution in [0.15, 0.2) is 11.4 Å². The lowest BCUT2D eigenvalue weighted by Gasteiger charge is -2.28. The first kappa shape index (κ1) is 13.6. The number of thiophene rings is 1. The maximum absolute atomic E-state index is 6.22. The molecule has 1 N–H and O–H groups in total. The van der Waals surface area contributed by atoms with Gasteiger partial charge in [-0.3, -0.25) is 0 Å². The molecule has 1 fully saturated rings. The van der Waals surface area contributed by atoms with E-state index in [1.165, 1.54) is 19.3 Å². The van der Waals surface area contributed by atoms with Gasteiger partial charge in [-0.1, -0.05) is 19.8 Å². The van der Waals surface area contributed by atoms with Gasteiger partial charge in [-0.2, -0.15) is 4.98 Å². The Morgan fingerprint density at radius 1 is 1.40 bits per heavy atom. The van der Waals surface area contributed by atoms with Gasteiger partial charge in [-0.05, 0) is 36.6 Å². The van der Waals surface area contributed by atoms with Gasteiger partial charge in [0.05, 0.1) is 5.39 Å². The molecular weight excluding hydrogens is 270 g/mol. The Balaban J connectivity index is 1.84. The van der Waals surface area contributed by atoms with E-state index in [0.29, 0.717) is 12.1 Å². The molecule has 2 aromatic heterocycles. The predicted octanol–water partition coefficient (Wildman–Crippen LogP) is 4.08. The fourth-order valence-corrected chi connectivity index (χ4v) is 3.66. The van der Waals surface area contributed by atoms with Gasteiger partial charge in [0.15, 0.2) is 0 Å². The van der Waals surface area contributed by atoms with E-state index in [2.05, 4.69) is 28.3 Å². The Hall–Kier alpha value is -1.36. The molecule has 2 aromatic rings. The molecular formula is C15H21N3OS. The van der Waals surface area contributed by atoms with Gasteiger partial charge in [0, 0.05) is 7.05 Å². The van der Waals surface area contributed by atoms with Crippen molar-refractivity contribution in [1.82, 2.24) is 9.97 Å². The molecule has 3 rings (SSSR count). The van der Waals surface area contributed by atoms with E-state index in [1.54, 1.807) is 11.3 Å². The summed E-state index contributed by atoms with van der Waals surface area (Å²) in [5, 5.41) is 6.09. The molecule has 1 saturated carbocycles. The number of nitrogens with one attached hydrogen (secondary N) is 1. The summed E-state index contributed by atoms with van der Waals surface area (Å²) < 4.78 is 6.22. The largest absolute Gasteiger partial charge is 0.474 e. The minimum atomic E-state index is 0.302. The minimum absolute atomic E-state index is 0.302. The van der Waals surface area contributed by atoms with Gasteiger partial charge in [-0.25, -0.2) is 4.98 Å². The van der Waals surface area contributed by atoms with Crippen molar-refractivity contribution in [3.63, 3.8) is 0 Å². The minimum Gasteiger partial charge on any atom is -0.474 e. The second kappa shape index (κ2) is 5.95. The lowest BCUT2D eigenvalue weighted by Crippen LogP contribution is -2.25. The van der Waals surface area contributed by atoms with Crippen molar-refractivity contribution >= 4 is 27.5 Å². The first-order valence-electron chi connectivity index (χ1n) is 7.39. The van der Waals surface area contributed by atoms with Crippen molar-refractivity contribution in [2.45, 2.75) is 45.1 Å². The van der Waals surface area contributed by atoms with E-state index in [0.717, 1.165) is 34.9 Å². The second-order valence-electron chi connectivity index (χ2n) is 5.42. The van der Waals surface area contributed by atoms with Crippen LogP contribution in [0.3, 0.4) is 0 Å². The summed E-state index contributed by atoms with van der Waals surface area (Å²) in [7, 11) is 1.84. The quantitative estimate of drug-likeness (QED) is 0.922. The Morgan fingerprint density at radius 3 is 3.10 bits per heavy atom. The molecule has 0 radical (unpaired) electrons. The average Bonchev–Trinajstić information content (AvgIpc) is 2.96. The maximum Gasteiger partial charge on any atom is 0.227 e. The zero-order chi connectivity index (χ0) is 13.9. The van der Waals surface area contributed by atoms with Gasteiger partial charge < -0.3 is 10.1 Å². The summed E-state index contributed by atoms with van der Waals surface area (Å²) in [5.74, 6) is 2.18. The number of anilines is 1. The van der Waals surface area contributed by atoms with Crippen LogP contribution in [0.2, 0.25) is 0 Å². The van der Waals surface area contributed by atoms with Gasteiger partial charge in [0.25, 0.3) is 0 Å². The van der Waals surface area contributed by atoms with E-state index in [4.69, 9.17) is 4.74 Å². The fourth-order valence-electron chi connectivity index (χ4n) is 2.91. The zero-order valence-corrected chi connectivity index (χ0v) is 12.9. The van der Waals surface area contributed by atoms with Crippen LogP contribution in [-0.2, 0) is 0 Å². The summed E-state index contributed by atoms with van der Waals surface area (Å²) in [6.07, 6.45) is 6.45. The van der Waals surface area contributed by atoms with Crippen LogP contribution in [0.25, 0.3) is 10.2 Å². The standard InChI is InChI=1S/C15H21N3OS/c1-3-10-5-4-6-11(9-10)19-13-12-7-8-20-14(12)18-15(16-2)17-13/h7-8,10-11H,3-6,9H2,1-2H3,(H,16,17,18). The topological polar surface area (TPSA) is 47.0 Å².